The zero-order valence-electron chi connectivity index (χ0n) is 17.4. The molecule has 2 aromatic carbocycles. The van der Waals surface area contributed by atoms with E-state index < -0.39 is 40.9 Å². The third-order valence-electron chi connectivity index (χ3n) is 4.39. The van der Waals surface area contributed by atoms with Crippen LogP contribution < -0.4 is 16.4 Å². The first-order chi connectivity index (χ1) is 15.3. The Kier molecular flexibility index (Phi) is 10.3. The smallest absolute Gasteiger partial charge is 0.407 e. The number of alkyl carbamates (subject to hydrolysis) is 1. The molecule has 5 N–H and O–H groups in total. The summed E-state index contributed by atoms with van der Waals surface area (Å²) in [5.74, 6) is -1.25. The number of aliphatic hydroxyl groups excluding tert-OH is 1. The molecule has 0 bridgehead atoms. The standard InChI is InChI=1S/C22H27N3O6S/c23-21(28)19(11-12-32(30)18-9-5-2-6-10-18)25-20(27)13-17(26)14-24-22(29)31-15-16-7-3-1-4-8-16/h1-10,17,19,26H,11-15H2,(H2,23,28)(H,24,29)(H,25,27)/t17-,19-,32+/m0/s1. The van der Waals surface area contributed by atoms with Gasteiger partial charge in [0.1, 0.15) is 12.6 Å². The molecule has 0 unspecified atom stereocenters. The van der Waals surface area contributed by atoms with Gasteiger partial charge >= 0.3 is 6.09 Å². The van der Waals surface area contributed by atoms with Gasteiger partial charge in [-0.2, -0.15) is 0 Å². The van der Waals surface area contributed by atoms with E-state index in [2.05, 4.69) is 10.6 Å². The van der Waals surface area contributed by atoms with Crippen molar-refractivity contribution in [2.45, 2.75) is 36.5 Å². The van der Waals surface area contributed by atoms with Crippen molar-refractivity contribution < 1.29 is 28.4 Å². The maximum atomic E-state index is 12.3. The Bertz CT molecular complexity index is 910. The Labute approximate surface area is 188 Å². The Morgan fingerprint density at radius 2 is 1.66 bits per heavy atom. The third-order valence-corrected chi connectivity index (χ3v) is 5.80. The van der Waals surface area contributed by atoms with Crippen LogP contribution in [0.2, 0.25) is 0 Å². The van der Waals surface area contributed by atoms with Crippen molar-refractivity contribution in [2.24, 2.45) is 5.73 Å². The molecule has 0 aromatic heterocycles. The van der Waals surface area contributed by atoms with Crippen LogP contribution in [0.3, 0.4) is 0 Å². The van der Waals surface area contributed by atoms with Crippen LogP contribution in [-0.4, -0.2) is 51.7 Å². The minimum absolute atomic E-state index is 0.0773. The number of benzene rings is 2. The summed E-state index contributed by atoms with van der Waals surface area (Å²) in [5, 5.41) is 14.8. The number of primary amides is 1. The summed E-state index contributed by atoms with van der Waals surface area (Å²) >= 11 is 0. The molecule has 0 saturated carbocycles. The van der Waals surface area contributed by atoms with Crippen LogP contribution in [0.5, 0.6) is 0 Å². The molecule has 0 aliphatic heterocycles. The quantitative estimate of drug-likeness (QED) is 0.368. The van der Waals surface area contributed by atoms with Gasteiger partial charge in [-0.05, 0) is 24.1 Å². The van der Waals surface area contributed by atoms with Gasteiger partial charge in [-0.15, -0.1) is 0 Å². The van der Waals surface area contributed by atoms with E-state index in [0.717, 1.165) is 5.56 Å². The highest BCUT2D eigenvalue weighted by atomic mass is 32.2. The molecule has 10 heteroatoms. The maximum Gasteiger partial charge on any atom is 0.407 e. The van der Waals surface area contributed by atoms with Gasteiger partial charge in [-0.1, -0.05) is 48.5 Å². The van der Waals surface area contributed by atoms with E-state index in [1.54, 1.807) is 42.5 Å². The molecule has 0 saturated heterocycles. The number of carbonyl (C=O) groups excluding carboxylic acids is 3. The molecule has 172 valence electrons. The number of nitrogens with two attached hydrogens (primary N) is 1. The van der Waals surface area contributed by atoms with Gasteiger partial charge in [-0.25, -0.2) is 4.79 Å². The fraction of sp³-hybridized carbons (Fsp3) is 0.318. The lowest BCUT2D eigenvalue weighted by Crippen LogP contribution is -2.46. The second-order valence-electron chi connectivity index (χ2n) is 6.97. The van der Waals surface area contributed by atoms with Gasteiger partial charge in [-0.3, -0.25) is 13.8 Å². The highest BCUT2D eigenvalue weighted by Crippen LogP contribution is 2.08. The summed E-state index contributed by atoms with van der Waals surface area (Å²) in [4.78, 5) is 36.1. The molecule has 0 spiro atoms. The number of amides is 3. The minimum atomic E-state index is -1.34. The summed E-state index contributed by atoms with van der Waals surface area (Å²) in [5.41, 5.74) is 6.14. The first-order valence-corrected chi connectivity index (χ1v) is 11.3. The van der Waals surface area contributed by atoms with Crippen molar-refractivity contribution in [2.75, 3.05) is 12.3 Å². The van der Waals surface area contributed by atoms with Crippen molar-refractivity contribution in [3.05, 3.63) is 66.2 Å². The average Bonchev–Trinajstić information content (AvgIpc) is 2.79. The lowest BCUT2D eigenvalue weighted by atomic mass is 10.2. The van der Waals surface area contributed by atoms with Gasteiger partial charge in [0.05, 0.1) is 23.3 Å². The summed E-state index contributed by atoms with van der Waals surface area (Å²) in [6, 6.07) is 16.8. The molecule has 2 rings (SSSR count). The predicted octanol–water partition coefficient (Wildman–Crippen LogP) is 0.832. The van der Waals surface area contributed by atoms with Crippen LogP contribution in [0.4, 0.5) is 4.79 Å². The minimum Gasteiger partial charge on any atom is -0.445 e. The first kappa shape index (κ1) is 25.0. The van der Waals surface area contributed by atoms with Crippen LogP contribution in [-0.2, 0) is 31.7 Å². The van der Waals surface area contributed by atoms with E-state index in [0.29, 0.717) is 4.90 Å². The highest BCUT2D eigenvalue weighted by molar-refractivity contribution is 7.85. The van der Waals surface area contributed by atoms with Crippen molar-refractivity contribution in [1.29, 1.82) is 0 Å². The normalized spacial score (nSPS) is 13.4. The fourth-order valence-electron chi connectivity index (χ4n) is 2.72. The Morgan fingerprint density at radius 1 is 1.03 bits per heavy atom. The predicted molar refractivity (Wildman–Crippen MR) is 119 cm³/mol. The molecule has 0 radical (unpaired) electrons. The van der Waals surface area contributed by atoms with E-state index >= 15 is 0 Å². The molecule has 0 fully saturated rings. The summed E-state index contributed by atoms with van der Waals surface area (Å²) in [7, 11) is -1.34. The van der Waals surface area contributed by atoms with Gasteiger partial charge in [0.15, 0.2) is 0 Å². The van der Waals surface area contributed by atoms with Crippen LogP contribution >= 0.6 is 0 Å². The van der Waals surface area contributed by atoms with E-state index in [1.165, 1.54) is 0 Å². The fourth-order valence-corrected chi connectivity index (χ4v) is 3.86. The van der Waals surface area contributed by atoms with Crippen molar-refractivity contribution >= 4 is 28.7 Å². The molecular weight excluding hydrogens is 434 g/mol. The number of hydrogen-bond donors (Lipinski definition) is 4. The molecule has 0 aliphatic rings. The molecule has 3 amide bonds. The zero-order valence-corrected chi connectivity index (χ0v) is 18.3. The Hall–Kier alpha value is -3.24. The molecule has 0 heterocycles. The molecule has 9 nitrogen and oxygen atoms in total. The second-order valence-corrected chi connectivity index (χ2v) is 8.55. The van der Waals surface area contributed by atoms with Crippen LogP contribution in [0.25, 0.3) is 0 Å². The number of nitrogens with one attached hydrogen (secondary N) is 2. The van der Waals surface area contributed by atoms with Crippen LogP contribution in [0, 0.1) is 0 Å². The Balaban J connectivity index is 1.70. The van der Waals surface area contributed by atoms with Crippen LogP contribution in [0.1, 0.15) is 18.4 Å². The molecule has 2 aromatic rings. The van der Waals surface area contributed by atoms with Crippen LogP contribution in [0.15, 0.2) is 65.6 Å². The first-order valence-electron chi connectivity index (χ1n) is 10.00. The van der Waals surface area contributed by atoms with E-state index in [1.807, 2.05) is 18.2 Å². The summed E-state index contributed by atoms with van der Waals surface area (Å²) in [6.07, 6.45) is -2.19. The SMILES string of the molecule is NC(=O)[C@H](CC[S@@](=O)c1ccccc1)NC(=O)C[C@H](O)CNC(=O)OCc1ccccc1. The monoisotopic (exact) mass is 461 g/mol. The Morgan fingerprint density at radius 3 is 2.28 bits per heavy atom. The van der Waals surface area contributed by atoms with Gasteiger partial charge in [0, 0.05) is 17.2 Å². The van der Waals surface area contributed by atoms with E-state index in [4.69, 9.17) is 10.5 Å². The summed E-state index contributed by atoms with van der Waals surface area (Å²) < 4.78 is 17.3. The number of carbonyl (C=O) groups is 3. The largest absolute Gasteiger partial charge is 0.445 e. The van der Waals surface area contributed by atoms with Gasteiger partial charge < -0.3 is 26.2 Å². The average molecular weight is 462 g/mol. The molecule has 32 heavy (non-hydrogen) atoms. The van der Waals surface area contributed by atoms with Crippen molar-refractivity contribution in [3.63, 3.8) is 0 Å². The molecule has 3 atom stereocenters. The lowest BCUT2D eigenvalue weighted by Gasteiger charge is -2.17. The van der Waals surface area contributed by atoms with E-state index in [-0.39, 0.29) is 31.7 Å². The number of ether oxygens (including phenoxy) is 1. The number of hydrogen-bond acceptors (Lipinski definition) is 6. The third kappa shape index (κ3) is 9.27. The molecule has 0 aliphatic carbocycles. The zero-order chi connectivity index (χ0) is 23.3. The van der Waals surface area contributed by atoms with Crippen molar-refractivity contribution in [1.82, 2.24) is 10.6 Å². The maximum absolute atomic E-state index is 12.3. The van der Waals surface area contributed by atoms with Crippen molar-refractivity contribution in [3.8, 4) is 0 Å². The number of rotatable bonds is 12. The molecular formula is C22H27N3O6S. The number of aliphatic hydroxyl groups is 1. The summed E-state index contributed by atoms with van der Waals surface area (Å²) in [6.45, 7) is -0.131. The second kappa shape index (κ2) is 13.2. The van der Waals surface area contributed by atoms with Gasteiger partial charge in [0.2, 0.25) is 11.8 Å². The van der Waals surface area contributed by atoms with E-state index in [9.17, 15) is 23.7 Å². The lowest BCUT2D eigenvalue weighted by molar-refractivity contribution is -0.128. The highest BCUT2D eigenvalue weighted by Gasteiger charge is 2.21. The topological polar surface area (TPSA) is 148 Å². The van der Waals surface area contributed by atoms with Gasteiger partial charge in [0.25, 0.3) is 0 Å².